The van der Waals surface area contributed by atoms with Gasteiger partial charge in [0.2, 0.25) is 0 Å². The predicted octanol–water partition coefficient (Wildman–Crippen LogP) is 3.97. The molecular formula is C18H20FNO3. The van der Waals surface area contributed by atoms with E-state index in [-0.39, 0.29) is 13.2 Å². The second kappa shape index (κ2) is 7.74. The number of rotatable bonds is 5. The Balaban J connectivity index is 2.30. The van der Waals surface area contributed by atoms with Gasteiger partial charge in [-0.1, -0.05) is 24.3 Å². The third-order valence-corrected chi connectivity index (χ3v) is 3.52. The molecule has 2 aromatic carbocycles. The Bertz CT molecular complexity index is 670. The lowest BCUT2D eigenvalue weighted by Crippen LogP contribution is -2.31. The molecular weight excluding hydrogens is 297 g/mol. The molecule has 0 unspecified atom stereocenters. The number of carbonyl (C=O) groups is 1. The Morgan fingerprint density at radius 1 is 1.17 bits per heavy atom. The van der Waals surface area contributed by atoms with Crippen LogP contribution in [0.4, 0.5) is 14.9 Å². The summed E-state index contributed by atoms with van der Waals surface area (Å²) < 4.78 is 19.4. The van der Waals surface area contributed by atoms with E-state index in [2.05, 4.69) is 0 Å². The molecule has 0 aliphatic carbocycles. The Labute approximate surface area is 135 Å². The fourth-order valence-electron chi connectivity index (χ4n) is 2.31. The zero-order valence-corrected chi connectivity index (χ0v) is 13.3. The first-order valence-corrected chi connectivity index (χ1v) is 7.54. The van der Waals surface area contributed by atoms with E-state index in [0.717, 1.165) is 5.56 Å². The maximum absolute atomic E-state index is 14.4. The Kier molecular flexibility index (Phi) is 5.71. The number of anilines is 1. The summed E-state index contributed by atoms with van der Waals surface area (Å²) in [6, 6.07) is 11.7. The van der Waals surface area contributed by atoms with Crippen LogP contribution in [0.1, 0.15) is 19.4 Å². The van der Waals surface area contributed by atoms with Gasteiger partial charge in [0.15, 0.2) is 0 Å². The lowest BCUT2D eigenvalue weighted by atomic mass is 10.0. The summed E-state index contributed by atoms with van der Waals surface area (Å²) in [4.78, 5) is 13.2. The van der Waals surface area contributed by atoms with E-state index < -0.39 is 11.9 Å². The van der Waals surface area contributed by atoms with Gasteiger partial charge in [-0.15, -0.1) is 0 Å². The van der Waals surface area contributed by atoms with Crippen LogP contribution in [0.5, 0.6) is 0 Å². The summed E-state index contributed by atoms with van der Waals surface area (Å²) in [5.74, 6) is -0.415. The van der Waals surface area contributed by atoms with Gasteiger partial charge in [-0.05, 0) is 43.2 Å². The number of benzene rings is 2. The maximum atomic E-state index is 14.4. The van der Waals surface area contributed by atoms with Gasteiger partial charge in [0.1, 0.15) is 5.82 Å². The van der Waals surface area contributed by atoms with Crippen molar-refractivity contribution in [2.24, 2.45) is 0 Å². The molecule has 4 nitrogen and oxygen atoms in total. The highest BCUT2D eigenvalue weighted by atomic mass is 19.1. The quantitative estimate of drug-likeness (QED) is 0.908. The molecule has 0 aliphatic rings. The molecule has 1 N–H and O–H groups in total. The number of ether oxygens (including phenoxy) is 1. The predicted molar refractivity (Wildman–Crippen MR) is 87.8 cm³/mol. The highest BCUT2D eigenvalue weighted by Crippen LogP contribution is 2.27. The van der Waals surface area contributed by atoms with Crippen molar-refractivity contribution < 1.29 is 19.0 Å². The molecule has 0 spiro atoms. The zero-order valence-electron chi connectivity index (χ0n) is 13.3. The molecule has 0 aliphatic heterocycles. The third-order valence-electron chi connectivity index (χ3n) is 3.52. The number of hydrogen-bond donors (Lipinski definition) is 1. The minimum Gasteiger partial charge on any atom is -0.449 e. The second-order valence-corrected chi connectivity index (χ2v) is 4.96. The van der Waals surface area contributed by atoms with Crippen molar-refractivity contribution in [3.63, 3.8) is 0 Å². The molecule has 0 atom stereocenters. The molecule has 2 rings (SSSR count). The number of carbonyl (C=O) groups excluding carboxylic acids is 1. The second-order valence-electron chi connectivity index (χ2n) is 4.96. The van der Waals surface area contributed by atoms with Crippen LogP contribution in [0.3, 0.4) is 0 Å². The molecule has 0 fully saturated rings. The summed E-state index contributed by atoms with van der Waals surface area (Å²) in [6.45, 7) is 4.14. The van der Waals surface area contributed by atoms with Gasteiger partial charge in [-0.2, -0.15) is 0 Å². The Morgan fingerprint density at radius 3 is 2.39 bits per heavy atom. The minimum atomic E-state index is -0.491. The van der Waals surface area contributed by atoms with Crippen molar-refractivity contribution in [1.82, 2.24) is 0 Å². The third kappa shape index (κ3) is 3.87. The van der Waals surface area contributed by atoms with Gasteiger partial charge >= 0.3 is 6.09 Å². The summed E-state index contributed by atoms with van der Waals surface area (Å²) in [7, 11) is 0. The van der Waals surface area contributed by atoms with E-state index in [0.29, 0.717) is 23.4 Å². The van der Waals surface area contributed by atoms with E-state index in [9.17, 15) is 9.18 Å². The van der Waals surface area contributed by atoms with Gasteiger partial charge in [-0.3, -0.25) is 4.90 Å². The van der Waals surface area contributed by atoms with E-state index in [1.165, 1.54) is 11.0 Å². The van der Waals surface area contributed by atoms with Crippen LogP contribution in [0.25, 0.3) is 11.1 Å². The highest BCUT2D eigenvalue weighted by Gasteiger charge is 2.16. The number of aliphatic hydroxyl groups excluding tert-OH is 1. The molecule has 23 heavy (non-hydrogen) atoms. The van der Waals surface area contributed by atoms with Crippen LogP contribution >= 0.6 is 0 Å². The van der Waals surface area contributed by atoms with Gasteiger partial charge in [0, 0.05) is 17.8 Å². The number of halogens is 1. The standard InChI is InChI=1S/C18H20FNO3/c1-3-20(18(22)23-4-2)15-9-10-16(17(19)11-15)14-7-5-13(12-21)6-8-14/h5-11,21H,3-4,12H2,1-2H3. The molecule has 122 valence electrons. The van der Waals surface area contributed by atoms with Crippen LogP contribution in [0.2, 0.25) is 0 Å². The van der Waals surface area contributed by atoms with E-state index in [4.69, 9.17) is 9.84 Å². The van der Waals surface area contributed by atoms with Crippen LogP contribution < -0.4 is 4.90 Å². The van der Waals surface area contributed by atoms with Crippen LogP contribution in [0.15, 0.2) is 42.5 Å². The first-order valence-electron chi connectivity index (χ1n) is 7.54. The Morgan fingerprint density at radius 2 is 1.87 bits per heavy atom. The van der Waals surface area contributed by atoms with Crippen molar-refractivity contribution in [3.8, 4) is 11.1 Å². The van der Waals surface area contributed by atoms with Crippen molar-refractivity contribution in [2.75, 3.05) is 18.1 Å². The van der Waals surface area contributed by atoms with Crippen LogP contribution in [-0.4, -0.2) is 24.4 Å². The maximum Gasteiger partial charge on any atom is 0.414 e. The van der Waals surface area contributed by atoms with E-state index >= 15 is 0 Å². The van der Waals surface area contributed by atoms with Crippen LogP contribution in [-0.2, 0) is 11.3 Å². The van der Waals surface area contributed by atoms with E-state index in [1.807, 2.05) is 0 Å². The molecule has 0 radical (unpaired) electrons. The number of hydrogen-bond acceptors (Lipinski definition) is 3. The highest BCUT2D eigenvalue weighted by molar-refractivity contribution is 5.88. The van der Waals surface area contributed by atoms with Gasteiger partial charge in [-0.25, -0.2) is 9.18 Å². The normalized spacial score (nSPS) is 10.4. The monoisotopic (exact) mass is 317 g/mol. The zero-order chi connectivity index (χ0) is 16.8. The SMILES string of the molecule is CCOC(=O)N(CC)c1ccc(-c2ccc(CO)cc2)c(F)c1. The fourth-order valence-corrected chi connectivity index (χ4v) is 2.31. The van der Waals surface area contributed by atoms with Gasteiger partial charge in [0.25, 0.3) is 0 Å². The number of aliphatic hydroxyl groups is 1. The van der Waals surface area contributed by atoms with Gasteiger partial charge in [0.05, 0.1) is 13.2 Å². The average Bonchev–Trinajstić information content (AvgIpc) is 2.56. The summed E-state index contributed by atoms with van der Waals surface area (Å²) in [5, 5.41) is 9.05. The van der Waals surface area contributed by atoms with Crippen molar-refractivity contribution in [1.29, 1.82) is 0 Å². The molecule has 5 heteroatoms. The largest absolute Gasteiger partial charge is 0.449 e. The lowest BCUT2D eigenvalue weighted by molar-refractivity contribution is 0.160. The van der Waals surface area contributed by atoms with Crippen molar-refractivity contribution in [2.45, 2.75) is 20.5 Å². The molecule has 0 saturated heterocycles. The molecule has 0 bridgehead atoms. The fraction of sp³-hybridized carbons (Fsp3) is 0.278. The smallest absolute Gasteiger partial charge is 0.414 e. The topological polar surface area (TPSA) is 49.8 Å². The molecule has 0 saturated carbocycles. The molecule has 0 aromatic heterocycles. The summed E-state index contributed by atoms with van der Waals surface area (Å²) in [6.07, 6.45) is -0.491. The lowest BCUT2D eigenvalue weighted by Gasteiger charge is -2.20. The summed E-state index contributed by atoms with van der Waals surface area (Å²) >= 11 is 0. The van der Waals surface area contributed by atoms with Crippen LogP contribution in [0, 0.1) is 5.82 Å². The Hall–Kier alpha value is -2.40. The number of amides is 1. The molecule has 1 amide bonds. The first kappa shape index (κ1) is 17.0. The van der Waals surface area contributed by atoms with E-state index in [1.54, 1.807) is 50.2 Å². The molecule has 2 aromatic rings. The minimum absolute atomic E-state index is 0.0489. The van der Waals surface area contributed by atoms with Crippen molar-refractivity contribution >= 4 is 11.8 Å². The van der Waals surface area contributed by atoms with Crippen molar-refractivity contribution in [3.05, 3.63) is 53.8 Å². The van der Waals surface area contributed by atoms with Gasteiger partial charge < -0.3 is 9.84 Å². The first-order chi connectivity index (χ1) is 11.1. The average molecular weight is 317 g/mol. The summed E-state index contributed by atoms with van der Waals surface area (Å²) in [5.41, 5.74) is 2.38. The molecule has 0 heterocycles. The number of nitrogens with zero attached hydrogens (tertiary/aromatic N) is 1.